The summed E-state index contributed by atoms with van der Waals surface area (Å²) in [7, 11) is 2.04. The number of nitrogens with two attached hydrogens (primary N) is 1. The van der Waals surface area contributed by atoms with Gasteiger partial charge in [-0.2, -0.15) is 0 Å². The number of pyridine rings is 1. The maximum atomic E-state index is 5.59. The average molecular weight is 231 g/mol. The van der Waals surface area contributed by atoms with Crippen LogP contribution >= 0.6 is 0 Å². The molecule has 0 aliphatic carbocycles. The van der Waals surface area contributed by atoms with Crippen LogP contribution in [0.1, 0.15) is 17.2 Å². The van der Waals surface area contributed by atoms with Gasteiger partial charge in [0.05, 0.1) is 24.1 Å². The fourth-order valence-corrected chi connectivity index (χ4v) is 1.70. The molecule has 0 aromatic carbocycles. The topological polar surface area (TPSA) is 55.3 Å². The number of hydrogen-bond donors (Lipinski definition) is 1. The molecule has 17 heavy (non-hydrogen) atoms. The van der Waals surface area contributed by atoms with Crippen molar-refractivity contribution in [3.8, 4) is 0 Å². The molecule has 0 spiro atoms. The zero-order valence-corrected chi connectivity index (χ0v) is 10.2. The van der Waals surface area contributed by atoms with Crippen LogP contribution in [0.5, 0.6) is 0 Å². The molecule has 2 heterocycles. The van der Waals surface area contributed by atoms with Crippen LogP contribution < -0.4 is 5.73 Å². The highest BCUT2D eigenvalue weighted by Gasteiger charge is 2.05. The van der Waals surface area contributed by atoms with E-state index < -0.39 is 0 Å². The lowest BCUT2D eigenvalue weighted by atomic mass is 10.3. The largest absolute Gasteiger partial charge is 0.465 e. The number of aryl methyl sites for hydroxylation is 1. The van der Waals surface area contributed by atoms with Crippen LogP contribution in [-0.4, -0.2) is 16.9 Å². The minimum absolute atomic E-state index is 0.693. The van der Waals surface area contributed by atoms with Crippen LogP contribution in [0.2, 0.25) is 0 Å². The van der Waals surface area contributed by atoms with Gasteiger partial charge in [0, 0.05) is 6.54 Å². The van der Waals surface area contributed by atoms with Crippen molar-refractivity contribution >= 4 is 5.69 Å². The summed E-state index contributed by atoms with van der Waals surface area (Å²) in [4.78, 5) is 6.42. The van der Waals surface area contributed by atoms with Crippen molar-refractivity contribution < 1.29 is 4.42 Å². The van der Waals surface area contributed by atoms with Crippen molar-refractivity contribution in [3.63, 3.8) is 0 Å². The molecule has 2 N–H and O–H groups in total. The van der Waals surface area contributed by atoms with Crippen LogP contribution in [0.4, 0.5) is 5.69 Å². The van der Waals surface area contributed by atoms with E-state index in [1.165, 1.54) is 0 Å². The predicted octanol–water partition coefficient (Wildman–Crippen LogP) is 2.20. The maximum Gasteiger partial charge on any atom is 0.118 e. The van der Waals surface area contributed by atoms with E-state index in [4.69, 9.17) is 10.2 Å². The van der Waals surface area contributed by atoms with E-state index in [0.29, 0.717) is 5.69 Å². The molecule has 0 radical (unpaired) electrons. The molecule has 0 amide bonds. The first-order valence-electron chi connectivity index (χ1n) is 5.58. The molecule has 0 atom stereocenters. The molecular weight excluding hydrogens is 214 g/mol. The van der Waals surface area contributed by atoms with E-state index in [1.807, 2.05) is 38.2 Å². The molecule has 0 aliphatic rings. The highest BCUT2D eigenvalue weighted by molar-refractivity contribution is 5.34. The standard InChI is InChI=1S/C13H17N3O/c1-10-3-6-13(17-10)9-16(2)8-12-5-4-11(14)7-15-12/h3-7H,8-9,14H2,1-2H3. The number of nitrogen functional groups attached to an aromatic ring is 1. The monoisotopic (exact) mass is 231 g/mol. The lowest BCUT2D eigenvalue weighted by Crippen LogP contribution is -2.17. The van der Waals surface area contributed by atoms with Gasteiger partial charge in [-0.05, 0) is 38.2 Å². The molecule has 2 rings (SSSR count). The summed E-state index contributed by atoms with van der Waals surface area (Å²) in [6.45, 7) is 3.50. The smallest absolute Gasteiger partial charge is 0.118 e. The Morgan fingerprint density at radius 3 is 2.65 bits per heavy atom. The van der Waals surface area contributed by atoms with Crippen LogP contribution in [0, 0.1) is 6.92 Å². The summed E-state index contributed by atoms with van der Waals surface area (Å²) >= 11 is 0. The number of furan rings is 1. The van der Waals surface area contributed by atoms with Gasteiger partial charge in [-0.25, -0.2) is 0 Å². The first-order valence-corrected chi connectivity index (χ1v) is 5.58. The lowest BCUT2D eigenvalue weighted by molar-refractivity contribution is 0.282. The van der Waals surface area contributed by atoms with Gasteiger partial charge < -0.3 is 10.2 Å². The summed E-state index contributed by atoms with van der Waals surface area (Å²) in [5.74, 6) is 1.92. The number of nitrogens with zero attached hydrogens (tertiary/aromatic N) is 2. The van der Waals surface area contributed by atoms with Crippen LogP contribution in [-0.2, 0) is 13.1 Å². The summed E-state index contributed by atoms with van der Waals surface area (Å²) in [6.07, 6.45) is 1.68. The van der Waals surface area contributed by atoms with Gasteiger partial charge in [0.15, 0.2) is 0 Å². The fourth-order valence-electron chi connectivity index (χ4n) is 1.70. The van der Waals surface area contributed by atoms with E-state index in [0.717, 1.165) is 30.3 Å². The Morgan fingerprint density at radius 1 is 1.24 bits per heavy atom. The Balaban J connectivity index is 1.93. The summed E-state index contributed by atoms with van der Waals surface area (Å²) in [6, 6.07) is 7.79. The van der Waals surface area contributed by atoms with E-state index in [1.54, 1.807) is 6.20 Å². The van der Waals surface area contributed by atoms with Gasteiger partial charge in [0.25, 0.3) is 0 Å². The van der Waals surface area contributed by atoms with E-state index in [-0.39, 0.29) is 0 Å². The molecule has 0 aliphatic heterocycles. The van der Waals surface area contributed by atoms with Crippen molar-refractivity contribution in [2.75, 3.05) is 12.8 Å². The van der Waals surface area contributed by atoms with Crippen molar-refractivity contribution in [3.05, 3.63) is 47.7 Å². The quantitative estimate of drug-likeness (QED) is 0.876. The van der Waals surface area contributed by atoms with E-state index >= 15 is 0 Å². The van der Waals surface area contributed by atoms with Crippen molar-refractivity contribution in [1.82, 2.24) is 9.88 Å². The van der Waals surface area contributed by atoms with E-state index in [2.05, 4.69) is 9.88 Å². The second-order valence-electron chi connectivity index (χ2n) is 4.27. The van der Waals surface area contributed by atoms with Gasteiger partial charge in [0.1, 0.15) is 11.5 Å². The van der Waals surface area contributed by atoms with Crippen LogP contribution in [0.3, 0.4) is 0 Å². The SMILES string of the molecule is Cc1ccc(CN(C)Cc2ccc(N)cn2)o1. The third-order valence-electron chi connectivity index (χ3n) is 2.50. The molecule has 4 nitrogen and oxygen atoms in total. The molecular formula is C13H17N3O. The van der Waals surface area contributed by atoms with Gasteiger partial charge >= 0.3 is 0 Å². The first-order chi connectivity index (χ1) is 8.13. The van der Waals surface area contributed by atoms with Crippen molar-refractivity contribution in [1.29, 1.82) is 0 Å². The number of rotatable bonds is 4. The molecule has 0 saturated heterocycles. The normalized spacial score (nSPS) is 11.0. The molecule has 0 bridgehead atoms. The number of anilines is 1. The Bertz CT molecular complexity index is 476. The molecule has 2 aromatic heterocycles. The maximum absolute atomic E-state index is 5.59. The van der Waals surface area contributed by atoms with Gasteiger partial charge in [-0.15, -0.1) is 0 Å². The average Bonchev–Trinajstić information content (AvgIpc) is 2.67. The Kier molecular flexibility index (Phi) is 3.44. The minimum atomic E-state index is 0.693. The first kappa shape index (κ1) is 11.7. The van der Waals surface area contributed by atoms with Crippen LogP contribution in [0.25, 0.3) is 0 Å². The molecule has 2 aromatic rings. The summed E-state index contributed by atoms with van der Waals surface area (Å²) in [5, 5.41) is 0. The highest BCUT2D eigenvalue weighted by Crippen LogP contribution is 2.10. The zero-order valence-electron chi connectivity index (χ0n) is 10.2. The second kappa shape index (κ2) is 5.01. The van der Waals surface area contributed by atoms with E-state index in [9.17, 15) is 0 Å². The van der Waals surface area contributed by atoms with Crippen molar-refractivity contribution in [2.24, 2.45) is 0 Å². The van der Waals surface area contributed by atoms with Gasteiger partial charge in [-0.1, -0.05) is 0 Å². The number of aromatic nitrogens is 1. The molecule has 0 unspecified atom stereocenters. The zero-order chi connectivity index (χ0) is 12.3. The summed E-state index contributed by atoms with van der Waals surface area (Å²) in [5.41, 5.74) is 7.29. The molecule has 4 heteroatoms. The molecule has 0 saturated carbocycles. The summed E-state index contributed by atoms with van der Waals surface area (Å²) < 4.78 is 5.53. The Labute approximate surface area is 101 Å². The lowest BCUT2D eigenvalue weighted by Gasteiger charge is -2.14. The fraction of sp³-hybridized carbons (Fsp3) is 0.308. The number of hydrogen-bond acceptors (Lipinski definition) is 4. The molecule has 0 fully saturated rings. The van der Waals surface area contributed by atoms with Crippen LogP contribution in [0.15, 0.2) is 34.9 Å². The van der Waals surface area contributed by atoms with Gasteiger partial charge in [-0.3, -0.25) is 9.88 Å². The Hall–Kier alpha value is -1.81. The van der Waals surface area contributed by atoms with Gasteiger partial charge in [0.2, 0.25) is 0 Å². The predicted molar refractivity (Wildman–Crippen MR) is 67.3 cm³/mol. The minimum Gasteiger partial charge on any atom is -0.465 e. The second-order valence-corrected chi connectivity index (χ2v) is 4.27. The Morgan fingerprint density at radius 2 is 2.06 bits per heavy atom. The van der Waals surface area contributed by atoms with Crippen molar-refractivity contribution in [2.45, 2.75) is 20.0 Å². The molecule has 90 valence electrons. The third kappa shape index (κ3) is 3.32. The third-order valence-corrected chi connectivity index (χ3v) is 2.50. The highest BCUT2D eigenvalue weighted by atomic mass is 16.3.